The molecule has 2 aromatic rings. The second-order valence-corrected chi connectivity index (χ2v) is 7.10. The van der Waals surface area contributed by atoms with Gasteiger partial charge in [0, 0.05) is 25.3 Å². The summed E-state index contributed by atoms with van der Waals surface area (Å²) in [5.41, 5.74) is 6.51. The van der Waals surface area contributed by atoms with Crippen molar-refractivity contribution in [2.45, 2.75) is 6.54 Å². The van der Waals surface area contributed by atoms with Crippen LogP contribution < -0.4 is 11.1 Å². The highest BCUT2D eigenvalue weighted by atomic mass is 79.9. The highest BCUT2D eigenvalue weighted by Gasteiger charge is 2.14. The Morgan fingerprint density at radius 1 is 1.32 bits per heavy atom. The van der Waals surface area contributed by atoms with Crippen molar-refractivity contribution in [1.82, 2.24) is 4.98 Å². The number of nitrogens with two attached hydrogens (primary N) is 1. The Morgan fingerprint density at radius 3 is 2.47 bits per heavy atom. The van der Waals surface area contributed by atoms with Crippen molar-refractivity contribution in [3.05, 3.63) is 41.6 Å². The minimum atomic E-state index is -0.264. The predicted octanol–water partition coefficient (Wildman–Crippen LogP) is 4.14. The molecule has 0 aliphatic carbocycles. The van der Waals surface area contributed by atoms with Gasteiger partial charge in [0.1, 0.15) is 10.7 Å². The van der Waals surface area contributed by atoms with E-state index in [1.165, 1.54) is 11.3 Å². The summed E-state index contributed by atoms with van der Waals surface area (Å²) in [6.07, 6.45) is 0. The summed E-state index contributed by atoms with van der Waals surface area (Å²) < 4.78 is 2.45. The Bertz CT molecular complexity index is 606. The number of hydrogen-bond acceptors (Lipinski definition) is 4. The summed E-state index contributed by atoms with van der Waals surface area (Å²) in [7, 11) is 0. The number of carbonyl (C=O) groups excluding carboxylic acids is 1. The van der Waals surface area contributed by atoms with Gasteiger partial charge in [-0.1, -0.05) is 15.9 Å². The summed E-state index contributed by atoms with van der Waals surface area (Å²) in [5.74, 6) is -0.264. The standard InChI is InChI=1S/C11H8Br3N3OS/c12-5-1-6(13)10(7(14)2-5)17-11(18)8-4-19-9(3-15)16-8/h1-2,4H,3,15H2,(H,17,18). The smallest absolute Gasteiger partial charge is 0.275 e. The molecule has 0 aliphatic heterocycles. The predicted molar refractivity (Wildman–Crippen MR) is 87.5 cm³/mol. The minimum Gasteiger partial charge on any atom is -0.325 e. The minimum absolute atomic E-state index is 0.264. The molecule has 0 atom stereocenters. The maximum atomic E-state index is 12.1. The first-order chi connectivity index (χ1) is 9.01. The first-order valence-corrected chi connectivity index (χ1v) is 8.37. The molecule has 0 spiro atoms. The van der Waals surface area contributed by atoms with Crippen LogP contribution in [0.4, 0.5) is 5.69 Å². The van der Waals surface area contributed by atoms with E-state index in [1.54, 1.807) is 5.38 Å². The summed E-state index contributed by atoms with van der Waals surface area (Å²) >= 11 is 11.6. The highest BCUT2D eigenvalue weighted by Crippen LogP contribution is 2.34. The Morgan fingerprint density at radius 2 is 1.95 bits per heavy atom. The van der Waals surface area contributed by atoms with Crippen LogP contribution in [0.1, 0.15) is 15.5 Å². The number of halogens is 3. The van der Waals surface area contributed by atoms with E-state index in [0.29, 0.717) is 17.9 Å². The lowest BCUT2D eigenvalue weighted by Gasteiger charge is -2.09. The van der Waals surface area contributed by atoms with Gasteiger partial charge in [0.05, 0.1) is 5.69 Å². The topological polar surface area (TPSA) is 68.0 Å². The molecule has 1 aromatic carbocycles. The van der Waals surface area contributed by atoms with Gasteiger partial charge in [0.15, 0.2) is 0 Å². The Kier molecular flexibility index (Phi) is 5.13. The van der Waals surface area contributed by atoms with E-state index in [2.05, 4.69) is 58.1 Å². The second kappa shape index (κ2) is 6.45. The second-order valence-electron chi connectivity index (χ2n) is 3.53. The van der Waals surface area contributed by atoms with E-state index in [0.717, 1.165) is 18.4 Å². The molecule has 8 heteroatoms. The van der Waals surface area contributed by atoms with Gasteiger partial charge in [-0.25, -0.2) is 4.98 Å². The van der Waals surface area contributed by atoms with Gasteiger partial charge in [0.25, 0.3) is 5.91 Å². The number of benzene rings is 1. The number of nitrogens with zero attached hydrogens (tertiary/aromatic N) is 1. The van der Waals surface area contributed by atoms with Crippen molar-refractivity contribution in [1.29, 1.82) is 0 Å². The third kappa shape index (κ3) is 3.63. The number of nitrogens with one attached hydrogen (secondary N) is 1. The lowest BCUT2D eigenvalue weighted by atomic mass is 10.3. The number of rotatable bonds is 3. The lowest BCUT2D eigenvalue weighted by molar-refractivity contribution is 0.102. The maximum absolute atomic E-state index is 12.1. The average Bonchev–Trinajstić information content (AvgIpc) is 2.82. The maximum Gasteiger partial charge on any atom is 0.275 e. The van der Waals surface area contributed by atoms with E-state index in [4.69, 9.17) is 5.73 Å². The van der Waals surface area contributed by atoms with Crippen LogP contribution >= 0.6 is 59.1 Å². The Balaban J connectivity index is 2.24. The monoisotopic (exact) mass is 467 g/mol. The third-order valence-corrected chi connectivity index (χ3v) is 4.78. The number of amides is 1. The molecule has 0 aliphatic rings. The summed E-state index contributed by atoms with van der Waals surface area (Å²) in [4.78, 5) is 16.2. The van der Waals surface area contributed by atoms with Crippen molar-refractivity contribution in [3.63, 3.8) is 0 Å². The van der Waals surface area contributed by atoms with Crippen molar-refractivity contribution in [2.24, 2.45) is 5.73 Å². The highest BCUT2D eigenvalue weighted by molar-refractivity contribution is 9.11. The number of anilines is 1. The molecule has 0 radical (unpaired) electrons. The summed E-state index contributed by atoms with van der Waals surface area (Å²) in [6.45, 7) is 0.337. The molecule has 1 aromatic heterocycles. The summed E-state index contributed by atoms with van der Waals surface area (Å²) in [5, 5.41) is 5.24. The Hall–Kier alpha value is -0.280. The van der Waals surface area contributed by atoms with Crippen molar-refractivity contribution in [3.8, 4) is 0 Å². The molecule has 4 nitrogen and oxygen atoms in total. The van der Waals surface area contributed by atoms with Crippen LogP contribution in [-0.2, 0) is 6.54 Å². The average molecular weight is 470 g/mol. The third-order valence-electron chi connectivity index (χ3n) is 2.20. The van der Waals surface area contributed by atoms with Crippen LogP contribution in [0.3, 0.4) is 0 Å². The molecular formula is C11H8Br3N3OS. The molecule has 0 unspecified atom stereocenters. The first-order valence-electron chi connectivity index (χ1n) is 5.11. The summed E-state index contributed by atoms with van der Waals surface area (Å²) in [6, 6.07) is 3.71. The number of hydrogen-bond donors (Lipinski definition) is 2. The fourth-order valence-corrected chi connectivity index (χ4v) is 4.46. The molecule has 2 rings (SSSR count). The van der Waals surface area contributed by atoms with Crippen LogP contribution in [0.2, 0.25) is 0 Å². The first kappa shape index (κ1) is 15.1. The molecule has 0 saturated heterocycles. The normalized spacial score (nSPS) is 10.5. The van der Waals surface area contributed by atoms with Gasteiger partial charge >= 0.3 is 0 Å². The number of thiazole rings is 1. The van der Waals surface area contributed by atoms with Gasteiger partial charge in [-0.2, -0.15) is 0 Å². The van der Waals surface area contributed by atoms with E-state index >= 15 is 0 Å². The van der Waals surface area contributed by atoms with Crippen LogP contribution in [-0.4, -0.2) is 10.9 Å². The van der Waals surface area contributed by atoms with E-state index in [-0.39, 0.29) is 5.91 Å². The largest absolute Gasteiger partial charge is 0.325 e. The van der Waals surface area contributed by atoms with Crippen molar-refractivity contribution in [2.75, 3.05) is 5.32 Å². The lowest BCUT2D eigenvalue weighted by Crippen LogP contribution is -2.13. The number of carbonyl (C=O) groups is 1. The zero-order valence-electron chi connectivity index (χ0n) is 9.41. The number of aromatic nitrogens is 1. The molecule has 0 saturated carbocycles. The van der Waals surface area contributed by atoms with Gasteiger partial charge in [0.2, 0.25) is 0 Å². The van der Waals surface area contributed by atoms with Crippen LogP contribution in [0.5, 0.6) is 0 Å². The molecule has 3 N–H and O–H groups in total. The fraction of sp³-hybridized carbons (Fsp3) is 0.0909. The molecular weight excluding hydrogens is 462 g/mol. The van der Waals surface area contributed by atoms with Crippen molar-refractivity contribution >= 4 is 70.7 Å². The van der Waals surface area contributed by atoms with Crippen LogP contribution in [0, 0.1) is 0 Å². The van der Waals surface area contributed by atoms with E-state index < -0.39 is 0 Å². The fourth-order valence-electron chi connectivity index (χ4n) is 1.35. The van der Waals surface area contributed by atoms with Crippen LogP contribution in [0.25, 0.3) is 0 Å². The molecule has 1 amide bonds. The molecule has 0 bridgehead atoms. The zero-order valence-corrected chi connectivity index (χ0v) is 15.0. The van der Waals surface area contributed by atoms with Gasteiger partial charge < -0.3 is 11.1 Å². The molecule has 100 valence electrons. The molecule has 0 fully saturated rings. The van der Waals surface area contributed by atoms with Crippen molar-refractivity contribution < 1.29 is 4.79 Å². The Labute approximate surface area is 139 Å². The van der Waals surface area contributed by atoms with Gasteiger partial charge in [-0.05, 0) is 44.0 Å². The molecule has 19 heavy (non-hydrogen) atoms. The molecule has 1 heterocycles. The van der Waals surface area contributed by atoms with Gasteiger partial charge in [-0.15, -0.1) is 11.3 Å². The zero-order chi connectivity index (χ0) is 14.0. The van der Waals surface area contributed by atoms with E-state index in [1.807, 2.05) is 12.1 Å². The van der Waals surface area contributed by atoms with Crippen LogP contribution in [0.15, 0.2) is 30.9 Å². The quantitative estimate of drug-likeness (QED) is 0.709. The van der Waals surface area contributed by atoms with E-state index in [9.17, 15) is 4.79 Å². The SMILES string of the molecule is NCc1nc(C(=O)Nc2c(Br)cc(Br)cc2Br)cs1. The van der Waals surface area contributed by atoms with Gasteiger partial charge in [-0.3, -0.25) is 4.79 Å².